The molecule has 0 aliphatic heterocycles. The van der Waals surface area contributed by atoms with Crippen LogP contribution >= 0.6 is 0 Å². The first-order chi connectivity index (χ1) is 13.8. The number of hydrogen-bond donors (Lipinski definition) is 1. The highest BCUT2D eigenvalue weighted by Crippen LogP contribution is 2.43. The van der Waals surface area contributed by atoms with E-state index in [1.165, 1.54) is 11.6 Å². The minimum absolute atomic E-state index is 0.0117. The molecule has 2 aromatic carbocycles. The molecule has 0 heterocycles. The Balaban J connectivity index is 1.71. The van der Waals surface area contributed by atoms with Crippen molar-refractivity contribution in [3.05, 3.63) is 65.7 Å². The van der Waals surface area contributed by atoms with Crippen LogP contribution in [0.4, 0.5) is 0 Å². The Kier molecular flexibility index (Phi) is 6.75. The molecule has 1 fully saturated rings. The number of sulfone groups is 1. The van der Waals surface area contributed by atoms with Gasteiger partial charge in [0.2, 0.25) is 0 Å². The van der Waals surface area contributed by atoms with Gasteiger partial charge in [-0.2, -0.15) is 0 Å². The van der Waals surface area contributed by atoms with E-state index in [-0.39, 0.29) is 27.5 Å². The maximum Gasteiger partial charge on any atom is 0.252 e. The molecule has 0 aromatic heterocycles. The smallest absolute Gasteiger partial charge is 0.252 e. The SMILES string of the molecule is CN(C)CCS(=O)(=O)c1ccccc1C(=O)NCC1(Cc2ccccc2)CCC1. The van der Waals surface area contributed by atoms with E-state index in [1.54, 1.807) is 18.2 Å². The summed E-state index contributed by atoms with van der Waals surface area (Å²) in [5.74, 6) is -0.323. The summed E-state index contributed by atoms with van der Waals surface area (Å²) in [5, 5.41) is 3.03. The van der Waals surface area contributed by atoms with Crippen molar-refractivity contribution in [3.8, 4) is 0 Å². The quantitative estimate of drug-likeness (QED) is 0.684. The molecular weight excluding hydrogens is 384 g/mol. The molecule has 0 radical (unpaired) electrons. The lowest BCUT2D eigenvalue weighted by molar-refractivity contribution is 0.0856. The third-order valence-electron chi connectivity index (χ3n) is 5.73. The molecule has 1 amide bonds. The largest absolute Gasteiger partial charge is 0.351 e. The van der Waals surface area contributed by atoms with Gasteiger partial charge in [0.1, 0.15) is 0 Å². The van der Waals surface area contributed by atoms with Crippen molar-refractivity contribution in [1.29, 1.82) is 0 Å². The summed E-state index contributed by atoms with van der Waals surface area (Å²) in [5.41, 5.74) is 1.57. The minimum atomic E-state index is -3.53. The summed E-state index contributed by atoms with van der Waals surface area (Å²) >= 11 is 0. The van der Waals surface area contributed by atoms with Gasteiger partial charge in [-0.05, 0) is 56.5 Å². The first-order valence-electron chi connectivity index (χ1n) is 10.1. The molecule has 0 spiro atoms. The van der Waals surface area contributed by atoms with E-state index in [1.807, 2.05) is 37.2 Å². The molecule has 29 heavy (non-hydrogen) atoms. The second-order valence-electron chi connectivity index (χ2n) is 8.32. The fourth-order valence-corrected chi connectivity index (χ4v) is 5.43. The maximum atomic E-state index is 12.9. The van der Waals surface area contributed by atoms with Gasteiger partial charge in [0.25, 0.3) is 5.91 Å². The molecule has 1 N–H and O–H groups in total. The van der Waals surface area contributed by atoms with Gasteiger partial charge in [0, 0.05) is 13.1 Å². The van der Waals surface area contributed by atoms with Gasteiger partial charge >= 0.3 is 0 Å². The third-order valence-corrected chi connectivity index (χ3v) is 7.48. The lowest BCUT2D eigenvalue weighted by atomic mass is 9.65. The van der Waals surface area contributed by atoms with Crippen LogP contribution in [0.3, 0.4) is 0 Å². The fraction of sp³-hybridized carbons (Fsp3) is 0.435. The Morgan fingerprint density at radius 3 is 2.31 bits per heavy atom. The molecule has 2 aromatic rings. The number of nitrogens with zero attached hydrogens (tertiary/aromatic N) is 1. The Hall–Kier alpha value is -2.18. The maximum absolute atomic E-state index is 12.9. The Labute approximate surface area is 174 Å². The molecule has 1 aliphatic rings. The van der Waals surface area contributed by atoms with Crippen molar-refractivity contribution in [2.75, 3.05) is 32.9 Å². The summed E-state index contributed by atoms with van der Waals surface area (Å²) in [4.78, 5) is 14.8. The molecule has 1 saturated carbocycles. The van der Waals surface area contributed by atoms with Gasteiger partial charge in [-0.1, -0.05) is 48.9 Å². The van der Waals surface area contributed by atoms with Gasteiger partial charge in [0.05, 0.1) is 16.2 Å². The van der Waals surface area contributed by atoms with Gasteiger partial charge in [-0.3, -0.25) is 4.79 Å². The van der Waals surface area contributed by atoms with Gasteiger partial charge in [-0.25, -0.2) is 8.42 Å². The van der Waals surface area contributed by atoms with E-state index >= 15 is 0 Å². The normalized spacial score (nSPS) is 15.7. The average molecular weight is 415 g/mol. The number of carbonyl (C=O) groups excluding carboxylic acids is 1. The van der Waals surface area contributed by atoms with Gasteiger partial charge < -0.3 is 10.2 Å². The number of benzene rings is 2. The lowest BCUT2D eigenvalue weighted by Gasteiger charge is -2.42. The molecule has 0 atom stereocenters. The second-order valence-corrected chi connectivity index (χ2v) is 10.4. The Morgan fingerprint density at radius 1 is 1.03 bits per heavy atom. The standard InChI is InChI=1S/C23H30N2O3S/c1-25(2)15-16-29(27,28)21-12-7-6-11-20(21)22(26)24-18-23(13-8-14-23)17-19-9-4-3-5-10-19/h3-7,9-12H,8,13-18H2,1-2H3,(H,24,26). The zero-order valence-electron chi connectivity index (χ0n) is 17.2. The zero-order chi connectivity index (χ0) is 20.9. The molecule has 0 unspecified atom stereocenters. The Morgan fingerprint density at radius 2 is 1.69 bits per heavy atom. The van der Waals surface area contributed by atoms with Crippen LogP contribution in [-0.2, 0) is 16.3 Å². The highest BCUT2D eigenvalue weighted by molar-refractivity contribution is 7.91. The molecule has 156 valence electrons. The van der Waals surface area contributed by atoms with E-state index in [0.29, 0.717) is 13.1 Å². The number of hydrogen-bond acceptors (Lipinski definition) is 4. The first-order valence-corrected chi connectivity index (χ1v) is 11.8. The number of rotatable bonds is 9. The number of nitrogens with one attached hydrogen (secondary N) is 1. The monoisotopic (exact) mass is 414 g/mol. The predicted molar refractivity (Wildman–Crippen MR) is 116 cm³/mol. The molecule has 0 bridgehead atoms. The first kappa shape index (κ1) is 21.5. The van der Waals surface area contributed by atoms with Crippen molar-refractivity contribution >= 4 is 15.7 Å². The molecule has 1 aliphatic carbocycles. The van der Waals surface area contributed by atoms with Gasteiger partial charge in [-0.15, -0.1) is 0 Å². The summed E-state index contributed by atoms with van der Waals surface area (Å²) in [6, 6.07) is 16.8. The van der Waals surface area contributed by atoms with Crippen molar-refractivity contribution in [2.24, 2.45) is 5.41 Å². The summed E-state index contributed by atoms with van der Waals surface area (Å²) in [6.07, 6.45) is 4.24. The van der Waals surface area contributed by atoms with E-state index < -0.39 is 9.84 Å². The van der Waals surface area contributed by atoms with Crippen LogP contribution < -0.4 is 5.32 Å². The number of amides is 1. The summed E-state index contributed by atoms with van der Waals surface area (Å²) in [6.45, 7) is 0.977. The van der Waals surface area contributed by atoms with E-state index in [0.717, 1.165) is 25.7 Å². The fourth-order valence-electron chi connectivity index (χ4n) is 3.82. The molecule has 0 saturated heterocycles. The highest BCUT2D eigenvalue weighted by Gasteiger charge is 2.37. The molecule has 6 heteroatoms. The lowest BCUT2D eigenvalue weighted by Crippen LogP contribution is -2.43. The summed E-state index contributed by atoms with van der Waals surface area (Å²) in [7, 11) is 0.137. The van der Waals surface area contributed by atoms with Gasteiger partial charge in [0.15, 0.2) is 9.84 Å². The number of carbonyl (C=O) groups is 1. The van der Waals surface area contributed by atoms with Crippen LogP contribution in [0.2, 0.25) is 0 Å². The highest BCUT2D eigenvalue weighted by atomic mass is 32.2. The van der Waals surface area contributed by atoms with Crippen LogP contribution in [-0.4, -0.2) is 52.2 Å². The summed E-state index contributed by atoms with van der Waals surface area (Å²) < 4.78 is 25.5. The molecular formula is C23H30N2O3S. The van der Waals surface area contributed by atoms with Crippen LogP contribution in [0.15, 0.2) is 59.5 Å². The van der Waals surface area contributed by atoms with Crippen LogP contribution in [0.1, 0.15) is 35.2 Å². The predicted octanol–water partition coefficient (Wildman–Crippen LogP) is 3.16. The van der Waals surface area contributed by atoms with E-state index in [4.69, 9.17) is 0 Å². The Bertz CT molecular complexity index is 936. The molecule has 3 rings (SSSR count). The molecule has 5 nitrogen and oxygen atoms in total. The van der Waals surface area contributed by atoms with Crippen LogP contribution in [0, 0.1) is 5.41 Å². The zero-order valence-corrected chi connectivity index (χ0v) is 18.0. The second kappa shape index (κ2) is 9.09. The minimum Gasteiger partial charge on any atom is -0.351 e. The van der Waals surface area contributed by atoms with Crippen molar-refractivity contribution in [3.63, 3.8) is 0 Å². The van der Waals surface area contributed by atoms with Crippen LogP contribution in [0.25, 0.3) is 0 Å². The van der Waals surface area contributed by atoms with Crippen molar-refractivity contribution in [2.45, 2.75) is 30.6 Å². The van der Waals surface area contributed by atoms with Crippen molar-refractivity contribution in [1.82, 2.24) is 10.2 Å². The van der Waals surface area contributed by atoms with Crippen LogP contribution in [0.5, 0.6) is 0 Å². The van der Waals surface area contributed by atoms with E-state index in [2.05, 4.69) is 17.4 Å². The average Bonchev–Trinajstić information content (AvgIpc) is 2.69. The van der Waals surface area contributed by atoms with E-state index in [9.17, 15) is 13.2 Å². The van der Waals surface area contributed by atoms with Crippen molar-refractivity contribution < 1.29 is 13.2 Å². The third kappa shape index (κ3) is 5.46. The topological polar surface area (TPSA) is 66.5 Å².